The highest BCUT2D eigenvalue weighted by molar-refractivity contribution is 5.51. The third kappa shape index (κ3) is 2.67. The molecule has 1 aliphatic heterocycles. The van der Waals surface area contributed by atoms with Crippen LogP contribution in [0.5, 0.6) is 0 Å². The van der Waals surface area contributed by atoms with Crippen molar-refractivity contribution in [2.45, 2.75) is 19.5 Å². The van der Waals surface area contributed by atoms with Crippen LogP contribution < -0.4 is 5.32 Å². The Kier molecular flexibility index (Phi) is 3.57. The third-order valence-electron chi connectivity index (χ3n) is 3.51. The summed E-state index contributed by atoms with van der Waals surface area (Å²) in [5.41, 5.74) is 0.967. The molecule has 3 rings (SSSR count). The summed E-state index contributed by atoms with van der Waals surface area (Å²) < 4.78 is 5.74. The molecule has 100 valence electrons. The molecule has 1 N–H and O–H groups in total. The topological polar surface area (TPSA) is 54.2 Å². The van der Waals surface area contributed by atoms with Gasteiger partial charge in [-0.05, 0) is 18.7 Å². The fraction of sp³-hybridized carbons (Fsp3) is 0.429. The molecule has 19 heavy (non-hydrogen) atoms. The lowest BCUT2D eigenvalue weighted by Crippen LogP contribution is -2.56. The minimum absolute atomic E-state index is 0.595. The fourth-order valence-electron chi connectivity index (χ4n) is 2.22. The van der Waals surface area contributed by atoms with E-state index in [4.69, 9.17) is 4.42 Å². The molecule has 2 heterocycles. The van der Waals surface area contributed by atoms with Crippen LogP contribution >= 0.6 is 0 Å². The Morgan fingerprint density at radius 3 is 2.68 bits per heavy atom. The Labute approximate surface area is 112 Å². The zero-order valence-corrected chi connectivity index (χ0v) is 11.0. The van der Waals surface area contributed by atoms with Gasteiger partial charge in [0, 0.05) is 24.7 Å². The summed E-state index contributed by atoms with van der Waals surface area (Å²) in [7, 11) is 0. The van der Waals surface area contributed by atoms with Gasteiger partial charge in [0.2, 0.25) is 11.8 Å². The molecule has 1 aliphatic rings. The molecule has 0 amide bonds. The minimum Gasteiger partial charge on any atom is -0.419 e. The van der Waals surface area contributed by atoms with Crippen LogP contribution in [0.15, 0.2) is 34.7 Å². The lowest BCUT2D eigenvalue weighted by Gasteiger charge is -2.36. The van der Waals surface area contributed by atoms with Crippen molar-refractivity contribution in [3.05, 3.63) is 36.2 Å². The molecule has 0 unspecified atom stereocenters. The number of nitrogens with zero attached hydrogens (tertiary/aromatic N) is 3. The van der Waals surface area contributed by atoms with Gasteiger partial charge < -0.3 is 9.73 Å². The smallest absolute Gasteiger partial charge is 0.247 e. The van der Waals surface area contributed by atoms with Crippen molar-refractivity contribution in [3.8, 4) is 11.5 Å². The Morgan fingerprint density at radius 1 is 1.26 bits per heavy atom. The molecule has 0 saturated carbocycles. The monoisotopic (exact) mass is 258 g/mol. The van der Waals surface area contributed by atoms with Crippen LogP contribution in [0.4, 0.5) is 0 Å². The molecule has 5 heteroatoms. The van der Waals surface area contributed by atoms with E-state index in [9.17, 15) is 0 Å². The Morgan fingerprint density at radius 2 is 2.05 bits per heavy atom. The van der Waals surface area contributed by atoms with Crippen LogP contribution in [0, 0.1) is 0 Å². The van der Waals surface area contributed by atoms with Crippen molar-refractivity contribution in [1.82, 2.24) is 20.4 Å². The highest BCUT2D eigenvalue weighted by atomic mass is 16.4. The van der Waals surface area contributed by atoms with Crippen molar-refractivity contribution in [1.29, 1.82) is 0 Å². The summed E-state index contributed by atoms with van der Waals surface area (Å²) >= 11 is 0. The van der Waals surface area contributed by atoms with E-state index >= 15 is 0 Å². The van der Waals surface area contributed by atoms with Gasteiger partial charge in [-0.15, -0.1) is 10.2 Å². The van der Waals surface area contributed by atoms with Crippen molar-refractivity contribution in [3.63, 3.8) is 0 Å². The quantitative estimate of drug-likeness (QED) is 0.881. The first kappa shape index (κ1) is 12.3. The zero-order valence-electron chi connectivity index (χ0n) is 11.0. The summed E-state index contributed by atoms with van der Waals surface area (Å²) in [5.74, 6) is 1.28. The van der Waals surface area contributed by atoms with Gasteiger partial charge in [-0.2, -0.15) is 0 Å². The zero-order chi connectivity index (χ0) is 13.1. The highest BCUT2D eigenvalue weighted by Crippen LogP contribution is 2.18. The highest BCUT2D eigenvalue weighted by Gasteiger charge is 2.24. The van der Waals surface area contributed by atoms with E-state index in [1.54, 1.807) is 0 Å². The van der Waals surface area contributed by atoms with E-state index in [0.29, 0.717) is 17.8 Å². The van der Waals surface area contributed by atoms with E-state index in [2.05, 4.69) is 27.3 Å². The molecular formula is C14H18N4O. The second-order valence-electron chi connectivity index (χ2n) is 4.74. The summed E-state index contributed by atoms with van der Waals surface area (Å²) in [6.45, 7) is 5.98. The SMILES string of the molecule is CCN(Cc1nnc(-c2ccccc2)o1)C1CNC1. The number of nitrogens with one attached hydrogen (secondary N) is 1. The van der Waals surface area contributed by atoms with Crippen LogP contribution in [0.25, 0.3) is 11.5 Å². The lowest BCUT2D eigenvalue weighted by molar-refractivity contribution is 0.133. The molecule has 0 spiro atoms. The van der Waals surface area contributed by atoms with E-state index in [1.807, 2.05) is 30.3 Å². The van der Waals surface area contributed by atoms with Gasteiger partial charge in [-0.25, -0.2) is 0 Å². The Hall–Kier alpha value is -1.72. The molecule has 1 saturated heterocycles. The van der Waals surface area contributed by atoms with Crippen LogP contribution in [0.2, 0.25) is 0 Å². The predicted octanol–water partition coefficient (Wildman–Crippen LogP) is 1.53. The van der Waals surface area contributed by atoms with Crippen LogP contribution in [0.1, 0.15) is 12.8 Å². The molecule has 1 fully saturated rings. The molecule has 0 atom stereocenters. The number of hydrogen-bond donors (Lipinski definition) is 1. The Bertz CT molecular complexity index is 521. The van der Waals surface area contributed by atoms with Gasteiger partial charge in [0.25, 0.3) is 0 Å². The maximum Gasteiger partial charge on any atom is 0.247 e. The van der Waals surface area contributed by atoms with Crippen molar-refractivity contribution in [2.75, 3.05) is 19.6 Å². The van der Waals surface area contributed by atoms with Crippen LogP contribution in [0.3, 0.4) is 0 Å². The number of hydrogen-bond acceptors (Lipinski definition) is 5. The average molecular weight is 258 g/mol. The normalized spacial score (nSPS) is 15.7. The molecule has 2 aromatic rings. The standard InChI is InChI=1S/C14H18N4O/c1-2-18(12-8-15-9-12)10-13-16-17-14(19-13)11-6-4-3-5-7-11/h3-7,12,15H,2,8-10H2,1H3. The van der Waals surface area contributed by atoms with Crippen molar-refractivity contribution < 1.29 is 4.42 Å². The molecule has 0 aliphatic carbocycles. The Balaban J connectivity index is 1.70. The van der Waals surface area contributed by atoms with E-state index in [0.717, 1.165) is 31.7 Å². The van der Waals surface area contributed by atoms with Gasteiger partial charge >= 0.3 is 0 Å². The molecule has 1 aromatic carbocycles. The first-order valence-electron chi connectivity index (χ1n) is 6.69. The fourth-order valence-corrected chi connectivity index (χ4v) is 2.22. The molecule has 5 nitrogen and oxygen atoms in total. The lowest BCUT2D eigenvalue weighted by atomic mass is 10.1. The molecule has 0 radical (unpaired) electrons. The number of likely N-dealkylation sites (N-methyl/N-ethyl adjacent to an activating group) is 1. The molecular weight excluding hydrogens is 240 g/mol. The van der Waals surface area contributed by atoms with Crippen molar-refractivity contribution >= 4 is 0 Å². The van der Waals surface area contributed by atoms with E-state index < -0.39 is 0 Å². The van der Waals surface area contributed by atoms with Gasteiger partial charge in [-0.1, -0.05) is 25.1 Å². The largest absolute Gasteiger partial charge is 0.419 e. The van der Waals surface area contributed by atoms with E-state index in [-0.39, 0.29) is 0 Å². The van der Waals surface area contributed by atoms with Crippen LogP contribution in [-0.2, 0) is 6.54 Å². The molecule has 0 bridgehead atoms. The second-order valence-corrected chi connectivity index (χ2v) is 4.74. The van der Waals surface area contributed by atoms with Crippen LogP contribution in [-0.4, -0.2) is 40.8 Å². The minimum atomic E-state index is 0.595. The molecule has 1 aromatic heterocycles. The maximum atomic E-state index is 5.74. The number of rotatable bonds is 5. The van der Waals surface area contributed by atoms with Gasteiger partial charge in [0.15, 0.2) is 0 Å². The summed E-state index contributed by atoms with van der Waals surface area (Å²) in [6.07, 6.45) is 0. The van der Waals surface area contributed by atoms with Gasteiger partial charge in [0.1, 0.15) is 0 Å². The van der Waals surface area contributed by atoms with E-state index in [1.165, 1.54) is 0 Å². The van der Waals surface area contributed by atoms with Crippen molar-refractivity contribution in [2.24, 2.45) is 0 Å². The summed E-state index contributed by atoms with van der Waals surface area (Å²) in [6, 6.07) is 10.5. The maximum absolute atomic E-state index is 5.74. The number of benzene rings is 1. The predicted molar refractivity (Wildman–Crippen MR) is 72.5 cm³/mol. The average Bonchev–Trinajstić information content (AvgIpc) is 2.85. The summed E-state index contributed by atoms with van der Waals surface area (Å²) in [4.78, 5) is 2.36. The number of aromatic nitrogens is 2. The first-order chi connectivity index (χ1) is 9.36. The second kappa shape index (κ2) is 5.50. The first-order valence-corrected chi connectivity index (χ1v) is 6.69. The summed E-state index contributed by atoms with van der Waals surface area (Å²) in [5, 5.41) is 11.5. The van der Waals surface area contributed by atoms with Gasteiger partial charge in [-0.3, -0.25) is 4.90 Å². The van der Waals surface area contributed by atoms with Gasteiger partial charge in [0.05, 0.1) is 6.54 Å². The third-order valence-corrected chi connectivity index (χ3v) is 3.51.